The van der Waals surface area contributed by atoms with Crippen molar-refractivity contribution in [1.82, 2.24) is 15.1 Å². The lowest BCUT2D eigenvalue weighted by Crippen LogP contribution is -2.34. The Morgan fingerprint density at radius 3 is 2.75 bits per heavy atom. The minimum atomic E-state index is 0.648. The van der Waals surface area contributed by atoms with Crippen molar-refractivity contribution in [2.75, 3.05) is 0 Å². The van der Waals surface area contributed by atoms with Crippen molar-refractivity contribution in [2.24, 2.45) is 5.92 Å². The predicted octanol–water partition coefficient (Wildman–Crippen LogP) is 4.18. The molecule has 0 aliphatic heterocycles. The highest BCUT2D eigenvalue weighted by atomic mass is 35.5. The van der Waals surface area contributed by atoms with E-state index in [1.165, 1.54) is 32.1 Å². The van der Waals surface area contributed by atoms with Crippen LogP contribution < -0.4 is 5.32 Å². The molecule has 20 heavy (non-hydrogen) atoms. The predicted molar refractivity (Wildman–Crippen MR) is 85.2 cm³/mol. The van der Waals surface area contributed by atoms with Gasteiger partial charge in [0.15, 0.2) is 0 Å². The van der Waals surface area contributed by atoms with E-state index in [9.17, 15) is 0 Å². The van der Waals surface area contributed by atoms with Crippen LogP contribution in [0.15, 0.2) is 0 Å². The highest BCUT2D eigenvalue weighted by molar-refractivity contribution is 6.31. The summed E-state index contributed by atoms with van der Waals surface area (Å²) >= 11 is 6.46. The fourth-order valence-corrected chi connectivity index (χ4v) is 3.61. The second kappa shape index (κ2) is 7.46. The van der Waals surface area contributed by atoms with E-state index in [2.05, 4.69) is 31.2 Å². The van der Waals surface area contributed by atoms with Gasteiger partial charge in [-0.3, -0.25) is 4.68 Å². The van der Waals surface area contributed by atoms with Gasteiger partial charge in [-0.2, -0.15) is 5.10 Å². The summed E-state index contributed by atoms with van der Waals surface area (Å²) in [6, 6.07) is 0.648. The quantitative estimate of drug-likeness (QED) is 0.854. The van der Waals surface area contributed by atoms with E-state index in [-0.39, 0.29) is 0 Å². The maximum absolute atomic E-state index is 6.46. The minimum Gasteiger partial charge on any atom is -0.308 e. The third kappa shape index (κ3) is 3.56. The monoisotopic (exact) mass is 297 g/mol. The van der Waals surface area contributed by atoms with Gasteiger partial charge in [-0.15, -0.1) is 0 Å². The van der Waals surface area contributed by atoms with Crippen LogP contribution in [0.4, 0.5) is 0 Å². The van der Waals surface area contributed by atoms with Crippen molar-refractivity contribution in [3.05, 3.63) is 16.4 Å². The zero-order chi connectivity index (χ0) is 14.5. The zero-order valence-electron chi connectivity index (χ0n) is 13.1. The summed E-state index contributed by atoms with van der Waals surface area (Å²) in [5.74, 6) is 0.902. The van der Waals surface area contributed by atoms with Crippen LogP contribution in [0.1, 0.15) is 64.3 Å². The Hall–Kier alpha value is -0.540. The van der Waals surface area contributed by atoms with Gasteiger partial charge in [0.1, 0.15) is 0 Å². The van der Waals surface area contributed by atoms with Crippen molar-refractivity contribution >= 4 is 11.6 Å². The Balaban J connectivity index is 1.98. The smallest absolute Gasteiger partial charge is 0.0863 e. The second-order valence-electron chi connectivity index (χ2n) is 5.90. The van der Waals surface area contributed by atoms with Crippen molar-refractivity contribution < 1.29 is 0 Å². The summed E-state index contributed by atoms with van der Waals surface area (Å²) in [5, 5.41) is 9.16. The highest BCUT2D eigenvalue weighted by Crippen LogP contribution is 2.27. The number of rotatable bonds is 6. The van der Waals surface area contributed by atoms with Gasteiger partial charge in [-0.1, -0.05) is 44.7 Å². The standard InChI is InChI=1S/C16H28ClN3/c1-4-12-8-7-9-13(10-12)18-11-15-16(17)14(5-2)19-20(15)6-3/h12-13,18H,4-11H2,1-3H3. The maximum atomic E-state index is 6.46. The topological polar surface area (TPSA) is 29.9 Å². The number of aryl methyl sites for hydroxylation is 2. The SMILES string of the molecule is CCc1nn(CC)c(CNC2CCCC(CC)C2)c1Cl. The molecule has 0 saturated heterocycles. The lowest BCUT2D eigenvalue weighted by molar-refractivity contribution is 0.276. The molecule has 1 aliphatic carbocycles. The molecule has 2 atom stereocenters. The number of hydrogen-bond donors (Lipinski definition) is 1. The molecule has 2 unspecified atom stereocenters. The molecule has 1 heterocycles. The van der Waals surface area contributed by atoms with Crippen molar-refractivity contribution in [3.8, 4) is 0 Å². The number of nitrogens with one attached hydrogen (secondary N) is 1. The van der Waals surface area contributed by atoms with E-state index in [1.807, 2.05) is 4.68 Å². The van der Waals surface area contributed by atoms with Crippen LogP contribution in [0.3, 0.4) is 0 Å². The van der Waals surface area contributed by atoms with Gasteiger partial charge in [0, 0.05) is 19.1 Å². The van der Waals surface area contributed by atoms with Crippen LogP contribution >= 0.6 is 11.6 Å². The van der Waals surface area contributed by atoms with Gasteiger partial charge in [-0.25, -0.2) is 0 Å². The number of halogens is 1. The first kappa shape index (κ1) is 15.8. The zero-order valence-corrected chi connectivity index (χ0v) is 13.8. The van der Waals surface area contributed by atoms with E-state index in [0.29, 0.717) is 6.04 Å². The van der Waals surface area contributed by atoms with E-state index in [4.69, 9.17) is 11.6 Å². The second-order valence-corrected chi connectivity index (χ2v) is 6.27. The largest absolute Gasteiger partial charge is 0.308 e. The van der Waals surface area contributed by atoms with Gasteiger partial charge in [-0.05, 0) is 32.1 Å². The number of hydrogen-bond acceptors (Lipinski definition) is 2. The Morgan fingerprint density at radius 2 is 2.10 bits per heavy atom. The molecule has 0 spiro atoms. The Labute approximate surface area is 128 Å². The fourth-order valence-electron chi connectivity index (χ4n) is 3.27. The van der Waals surface area contributed by atoms with Crippen LogP contribution in [0, 0.1) is 5.92 Å². The number of nitrogens with zero attached hydrogens (tertiary/aromatic N) is 2. The third-order valence-corrected chi connectivity index (χ3v) is 5.05. The van der Waals surface area contributed by atoms with Gasteiger partial charge in [0.2, 0.25) is 0 Å². The third-order valence-electron chi connectivity index (χ3n) is 4.61. The average Bonchev–Trinajstić information content (AvgIpc) is 2.81. The van der Waals surface area contributed by atoms with Crippen LogP contribution in [0.25, 0.3) is 0 Å². The van der Waals surface area contributed by atoms with E-state index >= 15 is 0 Å². The molecule has 0 bridgehead atoms. The highest BCUT2D eigenvalue weighted by Gasteiger charge is 2.21. The first-order valence-electron chi connectivity index (χ1n) is 8.16. The van der Waals surface area contributed by atoms with Crippen LogP contribution in [-0.2, 0) is 19.5 Å². The molecule has 0 radical (unpaired) electrons. The van der Waals surface area contributed by atoms with E-state index in [0.717, 1.165) is 41.8 Å². The van der Waals surface area contributed by atoms with Gasteiger partial charge >= 0.3 is 0 Å². The lowest BCUT2D eigenvalue weighted by Gasteiger charge is -2.29. The fraction of sp³-hybridized carbons (Fsp3) is 0.812. The molecule has 1 saturated carbocycles. The normalized spacial score (nSPS) is 23.2. The van der Waals surface area contributed by atoms with Gasteiger partial charge in [0.05, 0.1) is 16.4 Å². The summed E-state index contributed by atoms with van der Waals surface area (Å²) in [7, 11) is 0. The Kier molecular flexibility index (Phi) is 5.91. The van der Waals surface area contributed by atoms with Gasteiger partial charge in [0.25, 0.3) is 0 Å². The molecule has 4 heteroatoms. The summed E-state index contributed by atoms with van der Waals surface area (Å²) in [6.07, 6.45) is 7.59. The summed E-state index contributed by atoms with van der Waals surface area (Å²) < 4.78 is 2.05. The molecule has 1 aromatic heterocycles. The van der Waals surface area contributed by atoms with Crippen LogP contribution in [-0.4, -0.2) is 15.8 Å². The molecule has 114 valence electrons. The maximum Gasteiger partial charge on any atom is 0.0863 e. The van der Waals surface area contributed by atoms with Gasteiger partial charge < -0.3 is 5.32 Å². The Morgan fingerprint density at radius 1 is 1.30 bits per heavy atom. The van der Waals surface area contributed by atoms with E-state index in [1.54, 1.807) is 0 Å². The molecule has 0 amide bonds. The Bertz CT molecular complexity index is 428. The molecular weight excluding hydrogens is 270 g/mol. The van der Waals surface area contributed by atoms with Crippen molar-refractivity contribution in [2.45, 2.75) is 78.4 Å². The molecule has 1 fully saturated rings. The van der Waals surface area contributed by atoms with Crippen LogP contribution in [0.5, 0.6) is 0 Å². The van der Waals surface area contributed by atoms with Crippen molar-refractivity contribution in [1.29, 1.82) is 0 Å². The summed E-state index contributed by atoms with van der Waals surface area (Å²) in [4.78, 5) is 0. The molecule has 1 aromatic rings. The summed E-state index contributed by atoms with van der Waals surface area (Å²) in [6.45, 7) is 8.28. The molecule has 1 aliphatic rings. The number of aromatic nitrogens is 2. The van der Waals surface area contributed by atoms with Crippen LogP contribution in [0.2, 0.25) is 5.02 Å². The van der Waals surface area contributed by atoms with Crippen molar-refractivity contribution in [3.63, 3.8) is 0 Å². The molecular formula is C16H28ClN3. The molecule has 1 N–H and O–H groups in total. The minimum absolute atomic E-state index is 0.648. The molecule has 2 rings (SSSR count). The lowest BCUT2D eigenvalue weighted by atomic mass is 9.84. The van der Waals surface area contributed by atoms with E-state index < -0.39 is 0 Å². The average molecular weight is 298 g/mol. The first-order valence-corrected chi connectivity index (χ1v) is 8.54. The molecule has 0 aromatic carbocycles. The summed E-state index contributed by atoms with van der Waals surface area (Å²) in [5.41, 5.74) is 2.19. The molecule has 3 nitrogen and oxygen atoms in total. The first-order chi connectivity index (χ1) is 9.69.